The Bertz CT molecular complexity index is 1690. The number of hydrogen-bond acceptors (Lipinski definition) is 6. The maximum atomic E-state index is 13.0. The van der Waals surface area contributed by atoms with Gasteiger partial charge in [-0.25, -0.2) is 0 Å². The summed E-state index contributed by atoms with van der Waals surface area (Å²) in [4.78, 5) is 39.4. The number of nitrogens with zero attached hydrogens (tertiary/aromatic N) is 1. The molecule has 1 heterocycles. The molecule has 41 heavy (non-hydrogen) atoms. The Kier molecular flexibility index (Phi) is 8.75. The van der Waals surface area contributed by atoms with Gasteiger partial charge in [0.2, 0.25) is 5.91 Å². The maximum absolute atomic E-state index is 13.0. The maximum Gasteiger partial charge on any atom is 0.294 e. The average Bonchev–Trinajstić information content (AvgIpc) is 3.19. The summed E-state index contributed by atoms with van der Waals surface area (Å²) >= 11 is 4.38. The highest BCUT2D eigenvalue weighted by molar-refractivity contribution is 9.10. The van der Waals surface area contributed by atoms with Gasteiger partial charge >= 0.3 is 0 Å². The summed E-state index contributed by atoms with van der Waals surface area (Å²) in [5, 5.41) is 4.53. The van der Waals surface area contributed by atoms with Crippen LogP contribution in [0.25, 0.3) is 16.8 Å². The molecule has 3 amide bonds. The number of rotatable bonds is 9. The number of carbonyl (C=O) groups is 3. The van der Waals surface area contributed by atoms with Crippen LogP contribution in [0.4, 0.5) is 10.5 Å². The van der Waals surface area contributed by atoms with Crippen LogP contribution >= 0.6 is 27.7 Å². The van der Waals surface area contributed by atoms with Crippen LogP contribution < -0.4 is 14.8 Å². The summed E-state index contributed by atoms with van der Waals surface area (Å²) in [6.07, 6.45) is 1.61. The summed E-state index contributed by atoms with van der Waals surface area (Å²) < 4.78 is 12.7. The second kappa shape index (κ2) is 12.6. The van der Waals surface area contributed by atoms with Gasteiger partial charge in [-0.3, -0.25) is 19.3 Å². The average molecular weight is 632 g/mol. The van der Waals surface area contributed by atoms with Crippen molar-refractivity contribution in [2.24, 2.45) is 0 Å². The first-order valence-electron chi connectivity index (χ1n) is 13.0. The van der Waals surface area contributed by atoms with E-state index in [9.17, 15) is 14.4 Å². The van der Waals surface area contributed by atoms with Crippen molar-refractivity contribution >= 4 is 67.3 Å². The van der Waals surface area contributed by atoms with Crippen LogP contribution in [-0.2, 0) is 16.2 Å². The van der Waals surface area contributed by atoms with E-state index in [1.807, 2.05) is 50.2 Å². The molecule has 208 valence electrons. The number of benzene rings is 4. The van der Waals surface area contributed by atoms with E-state index in [1.165, 1.54) is 0 Å². The smallest absolute Gasteiger partial charge is 0.294 e. The Morgan fingerprint density at radius 3 is 2.56 bits per heavy atom. The largest absolute Gasteiger partial charge is 0.490 e. The second-order valence-electron chi connectivity index (χ2n) is 9.42. The van der Waals surface area contributed by atoms with Crippen LogP contribution in [0.15, 0.2) is 88.2 Å². The monoisotopic (exact) mass is 630 g/mol. The van der Waals surface area contributed by atoms with Gasteiger partial charge < -0.3 is 14.8 Å². The van der Waals surface area contributed by atoms with Gasteiger partial charge in [0.25, 0.3) is 11.1 Å². The van der Waals surface area contributed by atoms with Crippen molar-refractivity contribution in [3.05, 3.63) is 105 Å². The predicted molar refractivity (Wildman–Crippen MR) is 166 cm³/mol. The first-order valence-corrected chi connectivity index (χ1v) is 14.6. The summed E-state index contributed by atoms with van der Waals surface area (Å²) in [5.41, 5.74) is 3.25. The van der Waals surface area contributed by atoms with Crippen molar-refractivity contribution in [2.75, 3.05) is 18.5 Å². The molecule has 5 rings (SSSR count). The zero-order chi connectivity index (χ0) is 28.9. The molecule has 1 fully saturated rings. The SMILES string of the molecule is CCOc1cc(/C=C2\SC(=O)N(CC(=O)Nc3cccc(C)c3)C2=O)cc(Br)c1OCc1ccc2ccccc2c1. The van der Waals surface area contributed by atoms with E-state index in [2.05, 4.69) is 45.5 Å². The third-order valence-electron chi connectivity index (χ3n) is 6.30. The minimum absolute atomic E-state index is 0.220. The predicted octanol–water partition coefficient (Wildman–Crippen LogP) is 7.56. The summed E-state index contributed by atoms with van der Waals surface area (Å²) in [7, 11) is 0. The van der Waals surface area contributed by atoms with E-state index in [-0.39, 0.29) is 11.4 Å². The van der Waals surface area contributed by atoms with Gasteiger partial charge in [0.1, 0.15) is 13.2 Å². The molecule has 0 spiro atoms. The molecule has 0 bridgehead atoms. The molecule has 0 unspecified atom stereocenters. The Balaban J connectivity index is 1.30. The number of nitrogens with one attached hydrogen (secondary N) is 1. The normalized spacial score (nSPS) is 14.1. The number of fused-ring (bicyclic) bond motifs is 1. The number of imide groups is 1. The minimum Gasteiger partial charge on any atom is -0.490 e. The molecule has 1 N–H and O–H groups in total. The molecule has 0 aromatic heterocycles. The van der Waals surface area contributed by atoms with Crippen LogP contribution in [0.5, 0.6) is 11.5 Å². The van der Waals surface area contributed by atoms with Crippen LogP contribution in [-0.4, -0.2) is 35.1 Å². The zero-order valence-electron chi connectivity index (χ0n) is 22.5. The molecule has 7 nitrogen and oxygen atoms in total. The fourth-order valence-electron chi connectivity index (χ4n) is 4.41. The second-order valence-corrected chi connectivity index (χ2v) is 11.3. The van der Waals surface area contributed by atoms with Crippen molar-refractivity contribution < 1.29 is 23.9 Å². The van der Waals surface area contributed by atoms with Crippen LogP contribution in [0.2, 0.25) is 0 Å². The van der Waals surface area contributed by atoms with Crippen LogP contribution in [0.1, 0.15) is 23.6 Å². The number of aryl methyl sites for hydroxylation is 1. The molecule has 0 saturated carbocycles. The number of amides is 3. The van der Waals surface area contributed by atoms with Crippen molar-refractivity contribution in [1.29, 1.82) is 0 Å². The molecular formula is C32H27BrN2O5S. The van der Waals surface area contributed by atoms with Crippen LogP contribution in [0, 0.1) is 6.92 Å². The number of anilines is 1. The first kappa shape index (κ1) is 28.4. The topological polar surface area (TPSA) is 84.9 Å². The molecule has 0 atom stereocenters. The van der Waals surface area contributed by atoms with Gasteiger partial charge in [0.15, 0.2) is 11.5 Å². The van der Waals surface area contributed by atoms with Gasteiger partial charge in [-0.05, 0) is 105 Å². The number of ether oxygens (including phenoxy) is 2. The molecule has 0 radical (unpaired) electrons. The molecule has 1 saturated heterocycles. The lowest BCUT2D eigenvalue weighted by atomic mass is 10.1. The van der Waals surface area contributed by atoms with Crippen molar-refractivity contribution in [1.82, 2.24) is 4.90 Å². The van der Waals surface area contributed by atoms with Gasteiger partial charge in [0, 0.05) is 5.69 Å². The fourth-order valence-corrected chi connectivity index (χ4v) is 5.83. The van der Waals surface area contributed by atoms with E-state index in [0.29, 0.717) is 40.4 Å². The first-order chi connectivity index (χ1) is 19.8. The van der Waals surface area contributed by atoms with Crippen molar-refractivity contribution in [3.8, 4) is 11.5 Å². The molecule has 1 aliphatic rings. The molecule has 9 heteroatoms. The molecule has 4 aromatic rings. The number of carbonyl (C=O) groups excluding carboxylic acids is 3. The number of thioether (sulfide) groups is 1. The lowest BCUT2D eigenvalue weighted by Gasteiger charge is -2.15. The number of hydrogen-bond donors (Lipinski definition) is 1. The van der Waals surface area contributed by atoms with E-state index in [0.717, 1.165) is 38.6 Å². The van der Waals surface area contributed by atoms with Gasteiger partial charge in [-0.1, -0.05) is 48.5 Å². The third-order valence-corrected chi connectivity index (χ3v) is 7.80. The Labute approximate surface area is 250 Å². The van der Waals surface area contributed by atoms with E-state index < -0.39 is 17.1 Å². The fraction of sp³-hybridized carbons (Fsp3) is 0.156. The minimum atomic E-state index is -0.523. The van der Waals surface area contributed by atoms with Gasteiger partial charge in [-0.2, -0.15) is 0 Å². The Hall–Kier alpha value is -4.08. The summed E-state index contributed by atoms with van der Waals surface area (Å²) in [5.74, 6) is 0.0716. The van der Waals surface area contributed by atoms with E-state index in [1.54, 1.807) is 24.3 Å². The highest BCUT2D eigenvalue weighted by atomic mass is 79.9. The highest BCUT2D eigenvalue weighted by Gasteiger charge is 2.36. The quantitative estimate of drug-likeness (QED) is 0.192. The van der Waals surface area contributed by atoms with Gasteiger partial charge in [-0.15, -0.1) is 0 Å². The standard InChI is InChI=1S/C32H27BrN2O5S/c1-3-39-27-16-22(15-26(33)30(27)40-19-21-11-12-23-8-4-5-9-24(23)14-21)17-28-31(37)35(32(38)41-28)18-29(36)34-25-10-6-7-20(2)13-25/h4-17H,3,18-19H2,1-2H3,(H,34,36)/b28-17-. The van der Waals surface area contributed by atoms with E-state index in [4.69, 9.17) is 9.47 Å². The third kappa shape index (κ3) is 6.81. The molecule has 1 aliphatic heterocycles. The molecular weight excluding hydrogens is 604 g/mol. The summed E-state index contributed by atoms with van der Waals surface area (Å²) in [6.45, 7) is 4.17. The van der Waals surface area contributed by atoms with Crippen molar-refractivity contribution in [3.63, 3.8) is 0 Å². The Morgan fingerprint density at radius 2 is 1.78 bits per heavy atom. The summed E-state index contributed by atoms with van der Waals surface area (Å²) in [6, 6.07) is 25.2. The van der Waals surface area contributed by atoms with Crippen molar-refractivity contribution in [2.45, 2.75) is 20.5 Å². The lowest BCUT2D eigenvalue weighted by molar-refractivity contribution is -0.127. The lowest BCUT2D eigenvalue weighted by Crippen LogP contribution is -2.36. The highest BCUT2D eigenvalue weighted by Crippen LogP contribution is 2.40. The van der Waals surface area contributed by atoms with Crippen LogP contribution in [0.3, 0.4) is 0 Å². The molecule has 4 aromatic carbocycles. The zero-order valence-corrected chi connectivity index (χ0v) is 24.9. The molecule has 0 aliphatic carbocycles. The number of halogens is 1. The van der Waals surface area contributed by atoms with E-state index >= 15 is 0 Å². The Morgan fingerprint density at radius 1 is 0.976 bits per heavy atom. The van der Waals surface area contributed by atoms with Gasteiger partial charge in [0.05, 0.1) is 16.0 Å².